The molecule has 0 saturated carbocycles. The average molecular weight is 437 g/mol. The topological polar surface area (TPSA) is 112 Å². The first kappa shape index (κ1) is 24.6. The standard InChI is InChI=1S/C20H28N4O3S.CH4O/c1-14(19(12-21)28-22-18-11-17(25)13-27-20(18)26)15-3-5-16(6-4-15)24-9-7-23(2)8-10-24;1-2/h3-6,17-18,20,22,25-26H,7-11,13H2,1-2H3;2H,1H3/b19-14+;. The second kappa shape index (κ2) is 12.3. The summed E-state index contributed by atoms with van der Waals surface area (Å²) in [6, 6.07) is 10.1. The summed E-state index contributed by atoms with van der Waals surface area (Å²) < 4.78 is 8.17. The fourth-order valence-corrected chi connectivity index (χ4v) is 4.14. The van der Waals surface area contributed by atoms with E-state index in [9.17, 15) is 15.5 Å². The summed E-state index contributed by atoms with van der Waals surface area (Å²) in [7, 11) is 3.14. The van der Waals surface area contributed by atoms with Gasteiger partial charge in [0.15, 0.2) is 6.29 Å². The number of likely N-dealkylation sites (N-methyl/N-ethyl adjacent to an activating group) is 1. The van der Waals surface area contributed by atoms with Crippen molar-refractivity contribution in [2.75, 3.05) is 51.8 Å². The van der Waals surface area contributed by atoms with Crippen LogP contribution in [0.4, 0.5) is 5.69 Å². The summed E-state index contributed by atoms with van der Waals surface area (Å²) in [6.45, 7) is 6.21. The van der Waals surface area contributed by atoms with Crippen LogP contribution in [0.1, 0.15) is 18.9 Å². The maximum absolute atomic E-state index is 9.88. The van der Waals surface area contributed by atoms with Gasteiger partial charge in [0.25, 0.3) is 0 Å². The summed E-state index contributed by atoms with van der Waals surface area (Å²) in [4.78, 5) is 5.23. The number of ether oxygens (including phenoxy) is 1. The lowest BCUT2D eigenvalue weighted by Crippen LogP contribution is -2.46. The smallest absolute Gasteiger partial charge is 0.171 e. The number of piperazine rings is 1. The number of benzene rings is 1. The highest BCUT2D eigenvalue weighted by atomic mass is 32.2. The Morgan fingerprint density at radius 1 is 1.17 bits per heavy atom. The average Bonchev–Trinajstić information content (AvgIpc) is 2.78. The minimum atomic E-state index is -0.987. The Balaban J connectivity index is 0.00000155. The third kappa shape index (κ3) is 6.68. The molecule has 1 aromatic rings. The number of hydrogen-bond donors (Lipinski definition) is 4. The lowest BCUT2D eigenvalue weighted by molar-refractivity contribution is -0.168. The number of allylic oxidation sites excluding steroid dienone is 2. The third-order valence-electron chi connectivity index (χ3n) is 5.25. The van der Waals surface area contributed by atoms with Crippen LogP contribution in [0.5, 0.6) is 0 Å². The molecule has 0 bridgehead atoms. The molecule has 3 unspecified atom stereocenters. The third-order valence-corrected chi connectivity index (χ3v) is 6.28. The van der Waals surface area contributed by atoms with E-state index >= 15 is 0 Å². The van der Waals surface area contributed by atoms with E-state index in [1.165, 1.54) is 17.6 Å². The molecule has 4 N–H and O–H groups in total. The largest absolute Gasteiger partial charge is 0.400 e. The molecule has 0 aliphatic carbocycles. The van der Waals surface area contributed by atoms with Gasteiger partial charge in [0.1, 0.15) is 11.0 Å². The highest BCUT2D eigenvalue weighted by Crippen LogP contribution is 2.28. The number of aliphatic hydroxyl groups is 3. The SMILES string of the molecule is C/C(=C(/C#N)SNC1CC(O)COC1O)c1ccc(N2CCN(C)CC2)cc1.CO. The Labute approximate surface area is 182 Å². The van der Waals surface area contributed by atoms with E-state index < -0.39 is 18.4 Å². The summed E-state index contributed by atoms with van der Waals surface area (Å²) in [5.74, 6) is 0. The number of nitrogens with zero attached hydrogens (tertiary/aromatic N) is 3. The molecule has 0 spiro atoms. The van der Waals surface area contributed by atoms with E-state index in [1.54, 1.807) is 0 Å². The quantitative estimate of drug-likeness (QED) is 0.397. The monoisotopic (exact) mass is 436 g/mol. The van der Waals surface area contributed by atoms with Gasteiger partial charge in [0.05, 0.1) is 18.8 Å². The molecule has 2 heterocycles. The van der Waals surface area contributed by atoms with Gasteiger partial charge in [-0.1, -0.05) is 12.1 Å². The number of rotatable bonds is 5. The summed E-state index contributed by atoms with van der Waals surface area (Å²) in [5.41, 5.74) is 3.06. The number of anilines is 1. The van der Waals surface area contributed by atoms with Crippen molar-refractivity contribution in [3.05, 3.63) is 34.7 Å². The lowest BCUT2D eigenvalue weighted by Gasteiger charge is -2.34. The van der Waals surface area contributed by atoms with E-state index in [0.717, 1.165) is 44.4 Å². The first-order valence-corrected chi connectivity index (χ1v) is 10.8. The van der Waals surface area contributed by atoms with Crippen molar-refractivity contribution >= 4 is 23.2 Å². The van der Waals surface area contributed by atoms with Crippen molar-refractivity contribution in [2.45, 2.75) is 31.8 Å². The normalized spacial score (nSPS) is 25.6. The Bertz CT molecular complexity index is 730. The van der Waals surface area contributed by atoms with Crippen molar-refractivity contribution in [3.8, 4) is 6.07 Å². The van der Waals surface area contributed by atoms with Gasteiger partial charge in [-0.3, -0.25) is 4.72 Å². The van der Waals surface area contributed by atoms with Gasteiger partial charge < -0.3 is 29.9 Å². The highest BCUT2D eigenvalue weighted by Gasteiger charge is 2.29. The molecule has 0 radical (unpaired) electrons. The maximum atomic E-state index is 9.88. The summed E-state index contributed by atoms with van der Waals surface area (Å²) >= 11 is 1.17. The van der Waals surface area contributed by atoms with E-state index in [2.05, 4.69) is 39.8 Å². The molecule has 8 nitrogen and oxygen atoms in total. The van der Waals surface area contributed by atoms with E-state index in [1.807, 2.05) is 19.1 Å². The molecular formula is C21H32N4O4S. The van der Waals surface area contributed by atoms with Gasteiger partial charge in [0, 0.05) is 39.0 Å². The fraction of sp³-hybridized carbons (Fsp3) is 0.571. The van der Waals surface area contributed by atoms with Crippen molar-refractivity contribution in [1.82, 2.24) is 9.62 Å². The van der Waals surface area contributed by atoms with E-state index in [-0.39, 0.29) is 6.61 Å². The number of nitrogens with one attached hydrogen (secondary N) is 1. The highest BCUT2D eigenvalue weighted by molar-refractivity contribution is 8.01. The predicted octanol–water partition coefficient (Wildman–Crippen LogP) is 1.01. The second-order valence-corrected chi connectivity index (χ2v) is 8.19. The number of nitriles is 1. The zero-order valence-electron chi connectivity index (χ0n) is 17.8. The van der Waals surface area contributed by atoms with Crippen LogP contribution in [0.25, 0.3) is 5.57 Å². The zero-order chi connectivity index (χ0) is 22.1. The van der Waals surface area contributed by atoms with Crippen LogP contribution in [-0.4, -0.2) is 85.6 Å². The Morgan fingerprint density at radius 3 is 2.40 bits per heavy atom. The van der Waals surface area contributed by atoms with Crippen molar-refractivity contribution in [2.24, 2.45) is 0 Å². The first-order chi connectivity index (χ1) is 14.5. The van der Waals surface area contributed by atoms with Crippen LogP contribution in [0.15, 0.2) is 29.2 Å². The minimum Gasteiger partial charge on any atom is -0.400 e. The van der Waals surface area contributed by atoms with Crippen LogP contribution in [0.2, 0.25) is 0 Å². The molecule has 2 aliphatic heterocycles. The Morgan fingerprint density at radius 2 is 1.80 bits per heavy atom. The van der Waals surface area contributed by atoms with Gasteiger partial charge in [-0.15, -0.1) is 0 Å². The van der Waals surface area contributed by atoms with Crippen LogP contribution in [0, 0.1) is 11.3 Å². The molecule has 3 atom stereocenters. The Hall–Kier alpha value is -1.64. The molecule has 1 aromatic carbocycles. The maximum Gasteiger partial charge on any atom is 0.171 e. The number of hydrogen-bond acceptors (Lipinski definition) is 9. The number of aliphatic hydroxyl groups excluding tert-OH is 3. The van der Waals surface area contributed by atoms with Crippen molar-refractivity contribution < 1.29 is 20.1 Å². The van der Waals surface area contributed by atoms with Crippen molar-refractivity contribution in [3.63, 3.8) is 0 Å². The molecule has 30 heavy (non-hydrogen) atoms. The summed E-state index contributed by atoms with van der Waals surface area (Å²) in [5, 5.41) is 36.1. The van der Waals surface area contributed by atoms with Gasteiger partial charge in [-0.25, -0.2) is 0 Å². The molecule has 2 aliphatic rings. The second-order valence-electron chi connectivity index (χ2n) is 7.34. The zero-order valence-corrected chi connectivity index (χ0v) is 18.6. The van der Waals surface area contributed by atoms with Crippen molar-refractivity contribution in [1.29, 1.82) is 5.26 Å². The molecule has 2 fully saturated rings. The van der Waals surface area contributed by atoms with E-state index in [4.69, 9.17) is 9.84 Å². The molecule has 166 valence electrons. The fourth-order valence-electron chi connectivity index (χ4n) is 3.35. The molecule has 3 rings (SSSR count). The van der Waals surface area contributed by atoms with Crippen LogP contribution < -0.4 is 9.62 Å². The Kier molecular flexibility index (Phi) is 10.1. The first-order valence-electron chi connectivity index (χ1n) is 9.97. The van der Waals surface area contributed by atoms with Crippen LogP contribution >= 0.6 is 11.9 Å². The molecule has 2 saturated heterocycles. The van der Waals surface area contributed by atoms with E-state index in [0.29, 0.717) is 11.3 Å². The molecular weight excluding hydrogens is 404 g/mol. The minimum absolute atomic E-state index is 0.129. The predicted molar refractivity (Wildman–Crippen MR) is 120 cm³/mol. The van der Waals surface area contributed by atoms with Crippen LogP contribution in [0.3, 0.4) is 0 Å². The molecule has 9 heteroatoms. The lowest BCUT2D eigenvalue weighted by atomic mass is 10.1. The van der Waals surface area contributed by atoms with Gasteiger partial charge in [-0.2, -0.15) is 5.26 Å². The molecule has 0 aromatic heterocycles. The van der Waals surface area contributed by atoms with Gasteiger partial charge >= 0.3 is 0 Å². The van der Waals surface area contributed by atoms with Crippen LogP contribution in [-0.2, 0) is 4.74 Å². The summed E-state index contributed by atoms with van der Waals surface area (Å²) in [6.07, 6.45) is -1.22. The van der Waals surface area contributed by atoms with Gasteiger partial charge in [0.2, 0.25) is 0 Å². The molecule has 0 amide bonds. The van der Waals surface area contributed by atoms with Gasteiger partial charge in [-0.05, 0) is 55.6 Å².